The van der Waals surface area contributed by atoms with Gasteiger partial charge in [0, 0.05) is 11.1 Å². The summed E-state index contributed by atoms with van der Waals surface area (Å²) in [6.07, 6.45) is 0. The van der Waals surface area contributed by atoms with Crippen molar-refractivity contribution in [3.05, 3.63) is 84.6 Å². The Morgan fingerprint density at radius 1 is 0.889 bits per heavy atom. The Hall–Kier alpha value is -3.60. The van der Waals surface area contributed by atoms with Gasteiger partial charge in [0.1, 0.15) is 11.6 Å². The van der Waals surface area contributed by atoms with Crippen molar-refractivity contribution in [2.45, 2.75) is 24.8 Å². The standard InChI is InChI=1S/C26H24N2O6S.H2S/c1-16(2)24(26(30)31)28-35(32,33)21-13-9-18(10-14-21)17-7-11-20(12-8-17)27-25(29)23-15-19-5-3-4-6-22(19)34-23;/h3-16,24,28H,1-2H3,(H,27,29)(H,30,31);1H2/t24-;/m0./s1. The summed E-state index contributed by atoms with van der Waals surface area (Å²) >= 11 is 0. The fraction of sp³-hybridized carbons (Fsp3) is 0.154. The molecule has 0 saturated heterocycles. The number of furan rings is 1. The molecule has 0 bridgehead atoms. The summed E-state index contributed by atoms with van der Waals surface area (Å²) in [5, 5.41) is 12.9. The number of amides is 1. The number of rotatable bonds is 8. The fourth-order valence-corrected chi connectivity index (χ4v) is 4.90. The van der Waals surface area contributed by atoms with Crippen LogP contribution >= 0.6 is 13.5 Å². The number of nitrogens with one attached hydrogen (secondary N) is 2. The molecule has 0 saturated carbocycles. The third-order valence-electron chi connectivity index (χ3n) is 5.50. The molecule has 0 fully saturated rings. The molecule has 4 rings (SSSR count). The molecular formula is C26H26N2O6S2. The van der Waals surface area contributed by atoms with Crippen LogP contribution in [0.5, 0.6) is 0 Å². The molecule has 1 amide bonds. The molecule has 8 nitrogen and oxygen atoms in total. The van der Waals surface area contributed by atoms with Crippen LogP contribution in [0.1, 0.15) is 24.4 Å². The Kier molecular flexibility index (Phi) is 8.24. The van der Waals surface area contributed by atoms with Crippen molar-refractivity contribution in [2.24, 2.45) is 5.92 Å². The molecule has 1 heterocycles. The number of fused-ring (bicyclic) bond motifs is 1. The monoisotopic (exact) mass is 526 g/mol. The van der Waals surface area contributed by atoms with E-state index >= 15 is 0 Å². The molecule has 0 aliphatic heterocycles. The number of hydrogen-bond acceptors (Lipinski definition) is 5. The van der Waals surface area contributed by atoms with Gasteiger partial charge in [0.25, 0.3) is 5.91 Å². The van der Waals surface area contributed by atoms with Gasteiger partial charge in [-0.05, 0) is 53.4 Å². The second-order valence-electron chi connectivity index (χ2n) is 8.39. The highest BCUT2D eigenvalue weighted by molar-refractivity contribution is 7.89. The van der Waals surface area contributed by atoms with Gasteiger partial charge in [0.2, 0.25) is 10.0 Å². The van der Waals surface area contributed by atoms with E-state index in [1.807, 2.05) is 18.2 Å². The number of para-hydroxylation sites is 1. The molecule has 10 heteroatoms. The first-order valence-electron chi connectivity index (χ1n) is 10.9. The third-order valence-corrected chi connectivity index (χ3v) is 6.96. The predicted octanol–water partition coefficient (Wildman–Crippen LogP) is 4.85. The topological polar surface area (TPSA) is 126 Å². The normalized spacial score (nSPS) is 12.2. The summed E-state index contributed by atoms with van der Waals surface area (Å²) in [7, 11) is -3.99. The van der Waals surface area contributed by atoms with E-state index in [2.05, 4.69) is 10.0 Å². The smallest absolute Gasteiger partial charge is 0.322 e. The van der Waals surface area contributed by atoms with E-state index in [0.29, 0.717) is 11.3 Å². The average Bonchev–Trinajstić information content (AvgIpc) is 3.27. The summed E-state index contributed by atoms with van der Waals surface area (Å²) < 4.78 is 33.0. The average molecular weight is 527 g/mol. The van der Waals surface area contributed by atoms with Crippen LogP contribution in [-0.2, 0) is 14.8 Å². The van der Waals surface area contributed by atoms with Gasteiger partial charge >= 0.3 is 5.97 Å². The molecule has 0 unspecified atom stereocenters. The van der Waals surface area contributed by atoms with Crippen molar-refractivity contribution in [3.63, 3.8) is 0 Å². The van der Waals surface area contributed by atoms with Crippen molar-refractivity contribution < 1.29 is 27.5 Å². The van der Waals surface area contributed by atoms with Crippen molar-refractivity contribution in [3.8, 4) is 11.1 Å². The van der Waals surface area contributed by atoms with Crippen molar-refractivity contribution in [1.82, 2.24) is 4.72 Å². The maximum absolute atomic E-state index is 12.6. The summed E-state index contributed by atoms with van der Waals surface area (Å²) in [6.45, 7) is 3.26. The zero-order valence-electron chi connectivity index (χ0n) is 19.6. The molecule has 0 aliphatic carbocycles. The van der Waals surface area contributed by atoms with Crippen LogP contribution in [0.3, 0.4) is 0 Å². The molecule has 188 valence electrons. The first-order chi connectivity index (χ1) is 16.6. The molecule has 0 spiro atoms. The number of carbonyl (C=O) groups excluding carboxylic acids is 1. The second kappa shape index (κ2) is 11.0. The highest BCUT2D eigenvalue weighted by Gasteiger charge is 2.28. The Morgan fingerprint density at radius 3 is 2.03 bits per heavy atom. The van der Waals surface area contributed by atoms with Gasteiger partial charge in [0.05, 0.1) is 4.90 Å². The van der Waals surface area contributed by atoms with Crippen LogP contribution in [0.4, 0.5) is 5.69 Å². The minimum Gasteiger partial charge on any atom is -0.480 e. The van der Waals surface area contributed by atoms with Crippen molar-refractivity contribution in [2.75, 3.05) is 5.32 Å². The first kappa shape index (κ1) is 27.0. The van der Waals surface area contributed by atoms with Crippen LogP contribution < -0.4 is 10.0 Å². The molecular weight excluding hydrogens is 500 g/mol. The largest absolute Gasteiger partial charge is 0.480 e. The molecule has 0 aliphatic rings. The zero-order chi connectivity index (χ0) is 25.2. The highest BCUT2D eigenvalue weighted by atomic mass is 32.2. The summed E-state index contributed by atoms with van der Waals surface area (Å²) in [5.74, 6) is -1.79. The quantitative estimate of drug-likeness (QED) is 0.301. The number of carboxylic acids is 1. The van der Waals surface area contributed by atoms with Gasteiger partial charge in [-0.3, -0.25) is 9.59 Å². The Bertz CT molecular complexity index is 1440. The van der Waals surface area contributed by atoms with Gasteiger partial charge in [-0.25, -0.2) is 8.42 Å². The van der Waals surface area contributed by atoms with Crippen LogP contribution in [0.15, 0.2) is 88.2 Å². The van der Waals surface area contributed by atoms with Gasteiger partial charge in [-0.1, -0.05) is 56.3 Å². The molecule has 4 aromatic rings. The van der Waals surface area contributed by atoms with E-state index in [1.54, 1.807) is 62.4 Å². The van der Waals surface area contributed by atoms with Gasteiger partial charge < -0.3 is 14.8 Å². The number of sulfonamides is 1. The number of hydrogen-bond donors (Lipinski definition) is 3. The van der Waals surface area contributed by atoms with E-state index < -0.39 is 28.0 Å². The molecule has 36 heavy (non-hydrogen) atoms. The van der Waals surface area contributed by atoms with Crippen LogP contribution in [0.2, 0.25) is 0 Å². The minimum atomic E-state index is -3.99. The maximum Gasteiger partial charge on any atom is 0.322 e. The van der Waals surface area contributed by atoms with E-state index in [0.717, 1.165) is 16.5 Å². The van der Waals surface area contributed by atoms with E-state index in [9.17, 15) is 23.1 Å². The van der Waals surface area contributed by atoms with Crippen LogP contribution in [-0.4, -0.2) is 31.4 Å². The zero-order valence-corrected chi connectivity index (χ0v) is 21.4. The Morgan fingerprint density at radius 2 is 1.47 bits per heavy atom. The van der Waals surface area contributed by atoms with Gasteiger partial charge in [0.15, 0.2) is 5.76 Å². The lowest BCUT2D eigenvalue weighted by Crippen LogP contribution is -2.44. The number of anilines is 1. The lowest BCUT2D eigenvalue weighted by atomic mass is 10.1. The molecule has 1 aromatic heterocycles. The predicted molar refractivity (Wildman–Crippen MR) is 143 cm³/mol. The highest BCUT2D eigenvalue weighted by Crippen LogP contribution is 2.25. The number of benzene rings is 3. The number of carbonyl (C=O) groups is 2. The molecule has 3 aromatic carbocycles. The van der Waals surface area contributed by atoms with Crippen LogP contribution in [0, 0.1) is 5.92 Å². The molecule has 1 atom stereocenters. The fourth-order valence-electron chi connectivity index (χ4n) is 3.57. The van der Waals surface area contributed by atoms with E-state index in [-0.39, 0.29) is 30.1 Å². The summed E-state index contributed by atoms with van der Waals surface area (Å²) in [4.78, 5) is 23.8. The van der Waals surface area contributed by atoms with E-state index in [1.165, 1.54) is 12.1 Å². The number of carboxylic acid groups (broad SMARTS) is 1. The lowest BCUT2D eigenvalue weighted by Gasteiger charge is -2.18. The lowest BCUT2D eigenvalue weighted by molar-refractivity contribution is -0.140. The summed E-state index contributed by atoms with van der Waals surface area (Å²) in [5.41, 5.74) is 2.79. The Labute approximate surface area is 215 Å². The van der Waals surface area contributed by atoms with Gasteiger partial charge in [-0.2, -0.15) is 18.2 Å². The summed E-state index contributed by atoms with van der Waals surface area (Å²) in [6, 6.07) is 21.0. The number of aliphatic carboxylic acids is 1. The van der Waals surface area contributed by atoms with Crippen molar-refractivity contribution in [1.29, 1.82) is 0 Å². The molecule has 0 radical (unpaired) electrons. The minimum absolute atomic E-state index is 0. The molecule has 3 N–H and O–H groups in total. The maximum atomic E-state index is 12.6. The SMILES string of the molecule is CC(C)[C@H](NS(=O)(=O)c1ccc(-c2ccc(NC(=O)c3cc4ccccc4o3)cc2)cc1)C(=O)O.S. The van der Waals surface area contributed by atoms with Gasteiger partial charge in [-0.15, -0.1) is 0 Å². The van der Waals surface area contributed by atoms with Crippen molar-refractivity contribution >= 4 is 52.1 Å². The third kappa shape index (κ3) is 5.96. The van der Waals surface area contributed by atoms with Crippen LogP contribution in [0.25, 0.3) is 22.1 Å². The Balaban J connectivity index is 0.00000361. The van der Waals surface area contributed by atoms with E-state index in [4.69, 9.17) is 4.42 Å². The first-order valence-corrected chi connectivity index (χ1v) is 12.4. The second-order valence-corrected chi connectivity index (χ2v) is 10.1.